The van der Waals surface area contributed by atoms with E-state index in [1.165, 1.54) is 18.3 Å². The number of hydrogen-bond acceptors (Lipinski definition) is 6. The van der Waals surface area contributed by atoms with Gasteiger partial charge in [-0.2, -0.15) is 14.5 Å². The van der Waals surface area contributed by atoms with E-state index in [2.05, 4.69) is 27.2 Å². The van der Waals surface area contributed by atoms with Gasteiger partial charge in [-0.05, 0) is 19.1 Å². The molecule has 1 N–H and O–H groups in total. The maximum absolute atomic E-state index is 14.1. The first kappa shape index (κ1) is 17.9. The van der Waals surface area contributed by atoms with Crippen LogP contribution in [0.3, 0.4) is 0 Å². The summed E-state index contributed by atoms with van der Waals surface area (Å²) in [5, 5.41) is 7.01. The van der Waals surface area contributed by atoms with E-state index in [1.807, 2.05) is 24.4 Å². The number of anilines is 1. The third-order valence-corrected chi connectivity index (χ3v) is 5.55. The molecule has 3 aromatic rings. The van der Waals surface area contributed by atoms with Gasteiger partial charge in [0, 0.05) is 50.9 Å². The summed E-state index contributed by atoms with van der Waals surface area (Å²) >= 11 is 1.17. The van der Waals surface area contributed by atoms with E-state index in [0.717, 1.165) is 17.7 Å². The number of aromatic nitrogens is 3. The zero-order valence-electron chi connectivity index (χ0n) is 15.1. The molecule has 0 radical (unpaired) electrons. The zero-order chi connectivity index (χ0) is 19.0. The van der Waals surface area contributed by atoms with Crippen molar-refractivity contribution in [3.05, 3.63) is 41.4 Å². The number of thiazole rings is 1. The van der Waals surface area contributed by atoms with Gasteiger partial charge >= 0.3 is 0 Å². The van der Waals surface area contributed by atoms with Crippen LogP contribution in [0.1, 0.15) is 25.1 Å². The lowest BCUT2D eigenvalue weighted by Crippen LogP contribution is -2.28. The topological polar surface area (TPSA) is 71.8 Å². The first-order valence-corrected chi connectivity index (χ1v) is 9.56. The number of ether oxygens (including phenoxy) is 1. The van der Waals surface area contributed by atoms with Crippen molar-refractivity contribution in [1.29, 1.82) is 0 Å². The summed E-state index contributed by atoms with van der Waals surface area (Å²) < 4.78 is 22.0. The molecule has 9 heteroatoms. The Morgan fingerprint density at radius 3 is 3.15 bits per heavy atom. The molecule has 2 atom stereocenters. The quantitative estimate of drug-likeness (QED) is 0.726. The molecular weight excluding hydrogens is 369 g/mol. The molecule has 0 saturated carbocycles. The molecule has 1 aliphatic rings. The van der Waals surface area contributed by atoms with Crippen LogP contribution in [0.15, 0.2) is 30.6 Å². The molecule has 1 fully saturated rings. The molecule has 142 valence electrons. The van der Waals surface area contributed by atoms with Gasteiger partial charge in [0.2, 0.25) is 11.9 Å². The summed E-state index contributed by atoms with van der Waals surface area (Å²) in [6.07, 6.45) is 4.52. The molecule has 3 aromatic heterocycles. The van der Waals surface area contributed by atoms with Crippen LogP contribution in [0.5, 0.6) is 5.75 Å². The van der Waals surface area contributed by atoms with Crippen LogP contribution in [0, 0.1) is 5.95 Å². The van der Waals surface area contributed by atoms with E-state index in [9.17, 15) is 9.18 Å². The summed E-state index contributed by atoms with van der Waals surface area (Å²) in [6.45, 7) is 4.65. The Kier molecular flexibility index (Phi) is 4.79. The van der Waals surface area contributed by atoms with Crippen LogP contribution in [-0.4, -0.2) is 44.1 Å². The molecule has 1 amide bonds. The predicted molar refractivity (Wildman–Crippen MR) is 100 cm³/mol. The highest BCUT2D eigenvalue weighted by atomic mass is 32.1. The van der Waals surface area contributed by atoms with Crippen molar-refractivity contribution < 1.29 is 13.9 Å². The van der Waals surface area contributed by atoms with Crippen molar-refractivity contribution in [2.75, 3.05) is 11.9 Å². The molecule has 2 unspecified atom stereocenters. The van der Waals surface area contributed by atoms with Crippen molar-refractivity contribution in [2.24, 2.45) is 0 Å². The van der Waals surface area contributed by atoms with E-state index >= 15 is 0 Å². The predicted octanol–water partition coefficient (Wildman–Crippen LogP) is 2.93. The van der Waals surface area contributed by atoms with Gasteiger partial charge in [0.15, 0.2) is 5.13 Å². The van der Waals surface area contributed by atoms with E-state index in [1.54, 1.807) is 10.7 Å². The fourth-order valence-corrected chi connectivity index (χ4v) is 4.25. The minimum Gasteiger partial charge on any atom is -0.489 e. The van der Waals surface area contributed by atoms with E-state index in [-0.39, 0.29) is 18.1 Å². The van der Waals surface area contributed by atoms with Gasteiger partial charge in [-0.3, -0.25) is 9.69 Å². The number of fused-ring (bicyclic) bond motifs is 1. The molecule has 1 aliphatic heterocycles. The Morgan fingerprint density at radius 2 is 2.33 bits per heavy atom. The van der Waals surface area contributed by atoms with Crippen molar-refractivity contribution in [1.82, 2.24) is 19.5 Å². The maximum atomic E-state index is 14.1. The van der Waals surface area contributed by atoms with Crippen molar-refractivity contribution in [3.63, 3.8) is 0 Å². The molecule has 0 aliphatic carbocycles. The van der Waals surface area contributed by atoms with Crippen LogP contribution in [0.4, 0.5) is 9.52 Å². The number of carbonyl (C=O) groups is 1. The first-order valence-electron chi connectivity index (χ1n) is 8.75. The third-order valence-electron chi connectivity index (χ3n) is 4.62. The van der Waals surface area contributed by atoms with Crippen LogP contribution >= 0.6 is 11.3 Å². The molecule has 0 spiro atoms. The number of hydrogen-bond donors (Lipinski definition) is 1. The molecule has 1 saturated heterocycles. The number of amides is 1. The van der Waals surface area contributed by atoms with Gasteiger partial charge in [-0.15, -0.1) is 0 Å². The van der Waals surface area contributed by atoms with Gasteiger partial charge in [0.1, 0.15) is 11.9 Å². The van der Waals surface area contributed by atoms with E-state index < -0.39 is 5.95 Å². The summed E-state index contributed by atoms with van der Waals surface area (Å²) in [5.74, 6) is 0.0268. The monoisotopic (exact) mass is 389 g/mol. The normalized spacial score (nSPS) is 20.3. The smallest absolute Gasteiger partial charge is 0.230 e. The number of likely N-dealkylation sites (tertiary alicyclic amines) is 1. The second-order valence-corrected chi connectivity index (χ2v) is 7.81. The highest BCUT2D eigenvalue weighted by Gasteiger charge is 2.31. The van der Waals surface area contributed by atoms with Crippen LogP contribution in [0.25, 0.3) is 5.52 Å². The Bertz CT molecular complexity index is 972. The van der Waals surface area contributed by atoms with E-state index in [4.69, 9.17) is 4.74 Å². The van der Waals surface area contributed by atoms with E-state index in [0.29, 0.717) is 23.1 Å². The third kappa shape index (κ3) is 3.93. The average Bonchev–Trinajstić information content (AvgIpc) is 3.28. The van der Waals surface area contributed by atoms with Gasteiger partial charge in [-0.25, -0.2) is 4.52 Å². The minimum absolute atomic E-state index is 0.0381. The Morgan fingerprint density at radius 1 is 1.48 bits per heavy atom. The number of nitrogens with zero attached hydrogens (tertiary/aromatic N) is 4. The standard InChI is InChI=1S/C18H20FN5O2S/c1-11-7-15(26-14-4-6-24-13(8-14)3-5-20-24)9-23(11)10-16-17(19)22-18(27-16)21-12(2)25/h3-6,8,11,15H,7,9-10H2,1-2H3,(H,21,22,25). The summed E-state index contributed by atoms with van der Waals surface area (Å²) in [5.41, 5.74) is 0.979. The Hall–Kier alpha value is -2.52. The lowest BCUT2D eigenvalue weighted by atomic mass is 10.2. The SMILES string of the molecule is CC(=O)Nc1nc(F)c(CN2CC(Oc3ccn4nccc4c3)CC2C)s1. The van der Waals surface area contributed by atoms with Crippen molar-refractivity contribution >= 4 is 27.9 Å². The first-order chi connectivity index (χ1) is 13.0. The van der Waals surface area contributed by atoms with Crippen LogP contribution in [0.2, 0.25) is 0 Å². The lowest BCUT2D eigenvalue weighted by Gasteiger charge is -2.19. The van der Waals surface area contributed by atoms with Crippen LogP contribution in [-0.2, 0) is 11.3 Å². The zero-order valence-corrected chi connectivity index (χ0v) is 15.9. The molecule has 27 heavy (non-hydrogen) atoms. The van der Waals surface area contributed by atoms with Gasteiger partial charge in [-0.1, -0.05) is 11.3 Å². The van der Waals surface area contributed by atoms with Crippen LogP contribution < -0.4 is 10.1 Å². The molecule has 7 nitrogen and oxygen atoms in total. The Labute approximate surface area is 159 Å². The largest absolute Gasteiger partial charge is 0.489 e. The number of carbonyl (C=O) groups excluding carboxylic acids is 1. The fraction of sp³-hybridized carbons (Fsp3) is 0.389. The Balaban J connectivity index is 1.40. The minimum atomic E-state index is -0.522. The lowest BCUT2D eigenvalue weighted by molar-refractivity contribution is -0.114. The van der Waals surface area contributed by atoms with Crippen molar-refractivity contribution in [2.45, 2.75) is 39.0 Å². The number of rotatable bonds is 5. The molecule has 4 heterocycles. The maximum Gasteiger partial charge on any atom is 0.230 e. The number of pyridine rings is 1. The summed E-state index contributed by atoms with van der Waals surface area (Å²) in [4.78, 5) is 17.6. The number of nitrogens with one attached hydrogen (secondary N) is 1. The fourth-order valence-electron chi connectivity index (χ4n) is 3.34. The second-order valence-electron chi connectivity index (χ2n) is 6.73. The summed E-state index contributed by atoms with van der Waals surface area (Å²) in [6, 6.07) is 6.05. The number of halogens is 1. The van der Waals surface area contributed by atoms with Gasteiger partial charge < -0.3 is 10.1 Å². The molecule has 0 bridgehead atoms. The summed E-state index contributed by atoms with van der Waals surface area (Å²) in [7, 11) is 0. The highest BCUT2D eigenvalue weighted by Crippen LogP contribution is 2.29. The second kappa shape index (κ2) is 7.24. The van der Waals surface area contributed by atoms with Crippen molar-refractivity contribution in [3.8, 4) is 5.75 Å². The molecular formula is C18H20FN5O2S. The van der Waals surface area contributed by atoms with Gasteiger partial charge in [0.25, 0.3) is 0 Å². The van der Waals surface area contributed by atoms with Gasteiger partial charge in [0.05, 0.1) is 10.4 Å². The molecule has 4 rings (SSSR count). The molecule has 0 aromatic carbocycles. The average molecular weight is 389 g/mol. The highest BCUT2D eigenvalue weighted by molar-refractivity contribution is 7.15.